The van der Waals surface area contributed by atoms with Crippen molar-refractivity contribution >= 4 is 31.2 Å². The van der Waals surface area contributed by atoms with Crippen LogP contribution in [-0.2, 0) is 0 Å². The fourth-order valence-corrected chi connectivity index (χ4v) is 0.991. The molecule has 1 N–H and O–H groups in total. The molecule has 0 radical (unpaired) electrons. The SMILES string of the molecule is C1=CCN=C1.C1=NC=NC1.C1=NCN=C1.CC.CC.CC.CC.c1cn[nH]c1. The molecule has 3 aliphatic heterocycles. The van der Waals surface area contributed by atoms with Gasteiger partial charge < -0.3 is 0 Å². The summed E-state index contributed by atoms with van der Waals surface area (Å²) in [4.78, 5) is 18.7. The average Bonchev–Trinajstić information content (AvgIpc) is 3.66. The molecular formula is C21H41N7. The third kappa shape index (κ3) is 38.7. The zero-order chi connectivity index (χ0) is 22.1. The van der Waals surface area contributed by atoms with E-state index in [0.717, 1.165) is 13.1 Å². The molecular weight excluding hydrogens is 350 g/mol. The number of hydrogen-bond donors (Lipinski definition) is 1. The maximum atomic E-state index is 3.85. The summed E-state index contributed by atoms with van der Waals surface area (Å²) in [6.45, 7) is 18.3. The topological polar surface area (TPSA) is 90.5 Å². The van der Waals surface area contributed by atoms with Crippen molar-refractivity contribution in [2.24, 2.45) is 25.0 Å². The normalized spacial score (nSPS) is 11.7. The van der Waals surface area contributed by atoms with Crippen LogP contribution in [0.25, 0.3) is 0 Å². The van der Waals surface area contributed by atoms with Crippen molar-refractivity contribution in [3.05, 3.63) is 30.6 Å². The molecule has 4 heterocycles. The molecule has 0 saturated carbocycles. The molecule has 28 heavy (non-hydrogen) atoms. The first-order valence-corrected chi connectivity index (χ1v) is 10.1. The molecule has 7 nitrogen and oxygen atoms in total. The monoisotopic (exact) mass is 391 g/mol. The number of aromatic nitrogens is 2. The van der Waals surface area contributed by atoms with E-state index in [1.807, 2.05) is 73.6 Å². The molecule has 1 aromatic heterocycles. The molecule has 160 valence electrons. The molecule has 7 heteroatoms. The van der Waals surface area contributed by atoms with E-state index in [1.54, 1.807) is 43.6 Å². The van der Waals surface area contributed by atoms with Crippen molar-refractivity contribution in [3.8, 4) is 0 Å². The summed E-state index contributed by atoms with van der Waals surface area (Å²) < 4.78 is 0. The van der Waals surface area contributed by atoms with Crippen LogP contribution >= 0.6 is 0 Å². The van der Waals surface area contributed by atoms with Gasteiger partial charge in [0.05, 0.1) is 13.1 Å². The Morgan fingerprint density at radius 3 is 1.50 bits per heavy atom. The van der Waals surface area contributed by atoms with Gasteiger partial charge in [0.25, 0.3) is 0 Å². The van der Waals surface area contributed by atoms with Gasteiger partial charge in [0.2, 0.25) is 0 Å². The van der Waals surface area contributed by atoms with Gasteiger partial charge in [0.1, 0.15) is 13.0 Å². The molecule has 0 unspecified atom stereocenters. The fraction of sp³-hybridized carbons (Fsp3) is 0.524. The number of rotatable bonds is 0. The van der Waals surface area contributed by atoms with Gasteiger partial charge in [-0.1, -0.05) is 61.5 Å². The van der Waals surface area contributed by atoms with E-state index in [9.17, 15) is 0 Å². The number of aliphatic imine (C=N–C) groups is 5. The van der Waals surface area contributed by atoms with Crippen molar-refractivity contribution in [2.75, 3.05) is 19.8 Å². The summed E-state index contributed by atoms with van der Waals surface area (Å²) in [6, 6.07) is 1.83. The summed E-state index contributed by atoms with van der Waals surface area (Å²) >= 11 is 0. The number of H-pyrrole nitrogens is 1. The maximum absolute atomic E-state index is 3.85. The first-order chi connectivity index (χ1) is 14.0. The van der Waals surface area contributed by atoms with Gasteiger partial charge in [-0.3, -0.25) is 25.1 Å². The average molecular weight is 392 g/mol. The van der Waals surface area contributed by atoms with E-state index in [-0.39, 0.29) is 0 Å². The molecule has 0 fully saturated rings. The molecule has 0 bridgehead atoms. The quantitative estimate of drug-likeness (QED) is 0.635. The van der Waals surface area contributed by atoms with E-state index in [1.165, 1.54) is 0 Å². The number of allylic oxidation sites excluding steroid dienone is 1. The predicted molar refractivity (Wildman–Crippen MR) is 130 cm³/mol. The zero-order valence-corrected chi connectivity index (χ0v) is 19.1. The Morgan fingerprint density at radius 2 is 1.36 bits per heavy atom. The van der Waals surface area contributed by atoms with Crippen LogP contribution in [0.3, 0.4) is 0 Å². The molecule has 3 aliphatic rings. The highest BCUT2D eigenvalue weighted by Crippen LogP contribution is 1.79. The Morgan fingerprint density at radius 1 is 0.714 bits per heavy atom. The van der Waals surface area contributed by atoms with Crippen molar-refractivity contribution in [2.45, 2.75) is 55.4 Å². The minimum absolute atomic E-state index is 0.639. The molecule has 0 saturated heterocycles. The summed E-state index contributed by atoms with van der Waals surface area (Å²) in [5.41, 5.74) is 0. The number of hydrogen-bond acceptors (Lipinski definition) is 6. The van der Waals surface area contributed by atoms with E-state index in [0.29, 0.717) is 6.67 Å². The van der Waals surface area contributed by atoms with Gasteiger partial charge in [-0.25, -0.2) is 4.99 Å². The van der Waals surface area contributed by atoms with Crippen LogP contribution in [0.2, 0.25) is 0 Å². The lowest BCUT2D eigenvalue weighted by atomic mass is 10.6. The third-order valence-corrected chi connectivity index (χ3v) is 1.83. The summed E-state index contributed by atoms with van der Waals surface area (Å²) in [6.07, 6.45) is 15.9. The largest absolute Gasteiger partial charge is 0.289 e. The highest BCUT2D eigenvalue weighted by Gasteiger charge is 1.74. The van der Waals surface area contributed by atoms with Crippen LogP contribution in [0.1, 0.15) is 55.4 Å². The van der Waals surface area contributed by atoms with Crippen LogP contribution in [0, 0.1) is 0 Å². The first-order valence-electron chi connectivity index (χ1n) is 10.1. The Balaban J connectivity index is -0.000000123. The van der Waals surface area contributed by atoms with Gasteiger partial charge in [0, 0.05) is 37.3 Å². The smallest absolute Gasteiger partial charge is 0.129 e. The molecule has 0 aromatic carbocycles. The Labute approximate surface area is 172 Å². The second-order valence-electron chi connectivity index (χ2n) is 3.33. The molecule has 0 amide bonds. The van der Waals surface area contributed by atoms with Gasteiger partial charge in [-0.05, 0) is 12.1 Å². The van der Waals surface area contributed by atoms with E-state index >= 15 is 0 Å². The minimum Gasteiger partial charge on any atom is -0.289 e. The highest BCUT2D eigenvalue weighted by molar-refractivity contribution is 6.17. The Hall–Kier alpha value is -2.70. The van der Waals surface area contributed by atoms with Gasteiger partial charge >= 0.3 is 0 Å². The maximum Gasteiger partial charge on any atom is 0.129 e. The van der Waals surface area contributed by atoms with Gasteiger partial charge in [0.15, 0.2) is 0 Å². The molecule has 4 rings (SSSR count). The van der Waals surface area contributed by atoms with Crippen LogP contribution in [0.5, 0.6) is 0 Å². The summed E-state index contributed by atoms with van der Waals surface area (Å²) in [5, 5.41) is 6.21. The number of nitrogens with zero attached hydrogens (tertiary/aromatic N) is 6. The second-order valence-corrected chi connectivity index (χ2v) is 3.33. The van der Waals surface area contributed by atoms with E-state index in [2.05, 4.69) is 35.2 Å². The lowest BCUT2D eigenvalue weighted by Crippen LogP contribution is -1.65. The van der Waals surface area contributed by atoms with Crippen molar-refractivity contribution in [1.29, 1.82) is 0 Å². The second kappa shape index (κ2) is 44.1. The Kier molecular flexibility index (Phi) is 51.8. The van der Waals surface area contributed by atoms with Crippen molar-refractivity contribution in [1.82, 2.24) is 10.2 Å². The van der Waals surface area contributed by atoms with Crippen LogP contribution in [-0.4, -0.2) is 61.2 Å². The number of nitrogens with one attached hydrogen (secondary N) is 1. The van der Waals surface area contributed by atoms with Crippen LogP contribution in [0.15, 0.2) is 55.6 Å². The summed E-state index contributed by atoms with van der Waals surface area (Å²) in [5.74, 6) is 0. The van der Waals surface area contributed by atoms with Crippen LogP contribution in [0.4, 0.5) is 0 Å². The van der Waals surface area contributed by atoms with Gasteiger partial charge in [-0.2, -0.15) is 5.10 Å². The standard InChI is InChI=1S/C4H5N.3C3H4N2.4C2H6/c1-2-4-5-3-1;2*1-2-5-3-4-1;1-2-4-5-3-1;4*1-2/h1-3H,4H2;1,3H,2H2;1-2H,3H2;1-3H,(H,4,5);4*1-2H3. The summed E-state index contributed by atoms with van der Waals surface area (Å²) in [7, 11) is 0. The molecule has 0 aliphatic carbocycles. The number of aromatic amines is 1. The van der Waals surface area contributed by atoms with Gasteiger partial charge in [-0.15, -0.1) is 0 Å². The third-order valence-electron chi connectivity index (χ3n) is 1.83. The molecule has 1 aromatic rings. The fourth-order valence-electron chi connectivity index (χ4n) is 0.991. The van der Waals surface area contributed by atoms with E-state index < -0.39 is 0 Å². The Bertz CT molecular complexity index is 385. The lowest BCUT2D eigenvalue weighted by Gasteiger charge is -1.61. The molecule has 0 spiro atoms. The minimum atomic E-state index is 0.639. The van der Waals surface area contributed by atoms with Crippen molar-refractivity contribution in [3.63, 3.8) is 0 Å². The lowest BCUT2D eigenvalue weighted by molar-refractivity contribution is 1.09. The highest BCUT2D eigenvalue weighted by atomic mass is 15.1. The first kappa shape index (κ1) is 32.9. The van der Waals surface area contributed by atoms with E-state index in [4.69, 9.17) is 0 Å². The van der Waals surface area contributed by atoms with Crippen molar-refractivity contribution < 1.29 is 0 Å². The van der Waals surface area contributed by atoms with Crippen LogP contribution < -0.4 is 0 Å². The zero-order valence-electron chi connectivity index (χ0n) is 19.1. The molecule has 0 atom stereocenters. The predicted octanol–water partition coefficient (Wildman–Crippen LogP) is 5.34.